The molecule has 1 aliphatic carbocycles. The van der Waals surface area contributed by atoms with Crippen molar-refractivity contribution in [3.8, 4) is 0 Å². The van der Waals surface area contributed by atoms with E-state index in [0.29, 0.717) is 25.6 Å². The monoisotopic (exact) mass is 320 g/mol. The van der Waals surface area contributed by atoms with Crippen LogP contribution in [0.15, 0.2) is 4.79 Å². The molecule has 7 nitrogen and oxygen atoms in total. The fourth-order valence-corrected chi connectivity index (χ4v) is 3.29. The molecular weight excluding hydrogens is 296 g/mol. The third kappa shape index (κ3) is 3.65. The second kappa shape index (κ2) is 7.02. The summed E-state index contributed by atoms with van der Waals surface area (Å²) < 4.78 is 5.02. The number of nitrogens with zero attached hydrogens (tertiary/aromatic N) is 2. The van der Waals surface area contributed by atoms with Gasteiger partial charge in [-0.3, -0.25) is 9.78 Å². The van der Waals surface area contributed by atoms with Gasteiger partial charge in [0.05, 0.1) is 12.3 Å². The first-order valence-corrected chi connectivity index (χ1v) is 8.47. The van der Waals surface area contributed by atoms with Gasteiger partial charge in [-0.25, -0.2) is 9.78 Å². The number of nitrogens with one attached hydrogen (secondary N) is 2. The van der Waals surface area contributed by atoms with Crippen molar-refractivity contribution in [1.82, 2.24) is 14.9 Å². The van der Waals surface area contributed by atoms with Gasteiger partial charge < -0.3 is 15.0 Å². The van der Waals surface area contributed by atoms with E-state index in [9.17, 15) is 9.59 Å². The highest BCUT2D eigenvalue weighted by Gasteiger charge is 2.24. The molecule has 1 aromatic heterocycles. The average Bonchev–Trinajstić information content (AvgIpc) is 2.56. The molecule has 0 radical (unpaired) electrons. The van der Waals surface area contributed by atoms with Crippen LogP contribution >= 0.6 is 0 Å². The molecule has 2 aliphatic rings. The van der Waals surface area contributed by atoms with Crippen molar-refractivity contribution in [3.05, 3.63) is 21.6 Å². The van der Waals surface area contributed by atoms with E-state index in [0.717, 1.165) is 49.8 Å². The minimum Gasteiger partial charge on any atom is -0.450 e. The Balaban J connectivity index is 1.60. The molecule has 2 heterocycles. The van der Waals surface area contributed by atoms with Gasteiger partial charge in [0, 0.05) is 24.7 Å². The van der Waals surface area contributed by atoms with Gasteiger partial charge in [-0.1, -0.05) is 0 Å². The third-order valence-electron chi connectivity index (χ3n) is 4.55. The van der Waals surface area contributed by atoms with Crippen LogP contribution in [-0.4, -0.2) is 46.7 Å². The summed E-state index contributed by atoms with van der Waals surface area (Å²) in [6.45, 7) is 3.53. The van der Waals surface area contributed by atoms with Crippen molar-refractivity contribution in [3.63, 3.8) is 0 Å². The number of hydrogen-bond donors (Lipinski definition) is 2. The number of hydrogen-bond acceptors (Lipinski definition) is 5. The Morgan fingerprint density at radius 3 is 2.83 bits per heavy atom. The first kappa shape index (κ1) is 15.8. The number of aromatic amines is 1. The van der Waals surface area contributed by atoms with E-state index in [2.05, 4.69) is 15.3 Å². The fraction of sp³-hybridized carbons (Fsp3) is 0.688. The summed E-state index contributed by atoms with van der Waals surface area (Å²) in [5.41, 5.74) is 1.77. The lowest BCUT2D eigenvalue weighted by atomic mass is 9.97. The molecule has 1 saturated heterocycles. The number of carbonyl (C=O) groups is 1. The van der Waals surface area contributed by atoms with E-state index in [1.807, 2.05) is 6.92 Å². The molecule has 7 heteroatoms. The Hall–Kier alpha value is -2.05. The molecule has 0 unspecified atom stereocenters. The molecular formula is C16H24N4O3. The van der Waals surface area contributed by atoms with Gasteiger partial charge in [-0.15, -0.1) is 0 Å². The molecule has 3 rings (SSSR count). The zero-order valence-electron chi connectivity index (χ0n) is 13.6. The minimum atomic E-state index is -0.244. The Morgan fingerprint density at radius 2 is 2.09 bits per heavy atom. The van der Waals surface area contributed by atoms with E-state index >= 15 is 0 Å². The number of ether oxygens (including phenoxy) is 1. The van der Waals surface area contributed by atoms with Crippen LogP contribution in [0.3, 0.4) is 0 Å². The maximum absolute atomic E-state index is 12.1. The van der Waals surface area contributed by atoms with E-state index in [1.54, 1.807) is 4.90 Å². The molecule has 23 heavy (non-hydrogen) atoms. The van der Waals surface area contributed by atoms with Gasteiger partial charge in [-0.05, 0) is 45.4 Å². The molecule has 2 N–H and O–H groups in total. The number of amides is 1. The standard InChI is InChI=1S/C16H24N4O3/c1-2-23-16(22)20-9-7-11(8-10-20)17-15-18-13-6-4-3-5-12(13)14(21)19-15/h11H,2-10H2,1H3,(H2,17,18,19,21). The number of anilines is 1. The quantitative estimate of drug-likeness (QED) is 0.885. The number of H-pyrrole nitrogens is 1. The van der Waals surface area contributed by atoms with Gasteiger partial charge in [0.1, 0.15) is 0 Å². The largest absolute Gasteiger partial charge is 0.450 e. The number of piperidine rings is 1. The van der Waals surface area contributed by atoms with Gasteiger partial charge in [0.2, 0.25) is 5.95 Å². The van der Waals surface area contributed by atoms with Crippen LogP contribution in [0.1, 0.15) is 43.9 Å². The lowest BCUT2D eigenvalue weighted by Gasteiger charge is -2.31. The Morgan fingerprint density at radius 1 is 1.35 bits per heavy atom. The van der Waals surface area contributed by atoms with Crippen LogP contribution in [0.25, 0.3) is 0 Å². The lowest BCUT2D eigenvalue weighted by Crippen LogP contribution is -2.43. The Kier molecular flexibility index (Phi) is 4.83. The third-order valence-corrected chi connectivity index (χ3v) is 4.55. The van der Waals surface area contributed by atoms with E-state index in [1.165, 1.54) is 0 Å². The first-order chi connectivity index (χ1) is 11.2. The number of fused-ring (bicyclic) bond motifs is 1. The minimum absolute atomic E-state index is 0.0128. The second-order valence-electron chi connectivity index (χ2n) is 6.15. The normalized spacial score (nSPS) is 18.4. The summed E-state index contributed by atoms with van der Waals surface area (Å²) in [4.78, 5) is 33.0. The number of likely N-dealkylation sites (tertiary alicyclic amines) is 1. The smallest absolute Gasteiger partial charge is 0.409 e. The zero-order chi connectivity index (χ0) is 16.2. The van der Waals surface area contributed by atoms with E-state index < -0.39 is 0 Å². The van der Waals surface area contributed by atoms with Crippen molar-refractivity contribution in [2.45, 2.75) is 51.5 Å². The van der Waals surface area contributed by atoms with Crippen molar-refractivity contribution >= 4 is 12.0 Å². The highest BCUT2D eigenvalue weighted by molar-refractivity contribution is 5.67. The maximum Gasteiger partial charge on any atom is 0.409 e. The summed E-state index contributed by atoms with van der Waals surface area (Å²) in [5, 5.41) is 3.32. The number of aryl methyl sites for hydroxylation is 1. The van der Waals surface area contributed by atoms with Crippen LogP contribution in [0, 0.1) is 0 Å². The second-order valence-corrected chi connectivity index (χ2v) is 6.15. The van der Waals surface area contributed by atoms with Crippen LogP contribution < -0.4 is 10.9 Å². The molecule has 0 spiro atoms. The van der Waals surface area contributed by atoms with Crippen molar-refractivity contribution in [2.75, 3.05) is 25.0 Å². The zero-order valence-corrected chi connectivity index (χ0v) is 13.6. The average molecular weight is 320 g/mol. The molecule has 0 saturated carbocycles. The van der Waals surface area contributed by atoms with Crippen molar-refractivity contribution < 1.29 is 9.53 Å². The fourth-order valence-electron chi connectivity index (χ4n) is 3.29. The highest BCUT2D eigenvalue weighted by Crippen LogP contribution is 2.19. The summed E-state index contributed by atoms with van der Waals surface area (Å²) in [6.07, 6.45) is 5.27. The van der Waals surface area contributed by atoms with Gasteiger partial charge in [0.15, 0.2) is 0 Å². The number of rotatable bonds is 3. The summed E-state index contributed by atoms with van der Waals surface area (Å²) in [7, 11) is 0. The van der Waals surface area contributed by atoms with Crippen molar-refractivity contribution in [2.24, 2.45) is 0 Å². The van der Waals surface area contributed by atoms with Gasteiger partial charge in [-0.2, -0.15) is 0 Å². The predicted octanol–water partition coefficient (Wildman–Crippen LogP) is 1.68. The van der Waals surface area contributed by atoms with Crippen LogP contribution in [0.2, 0.25) is 0 Å². The molecule has 0 aromatic carbocycles. The maximum atomic E-state index is 12.1. The van der Waals surface area contributed by atoms with E-state index in [-0.39, 0.29) is 17.7 Å². The van der Waals surface area contributed by atoms with E-state index in [4.69, 9.17) is 4.74 Å². The highest BCUT2D eigenvalue weighted by atomic mass is 16.6. The molecule has 1 aromatic rings. The Labute approximate surface area is 135 Å². The molecule has 126 valence electrons. The SMILES string of the molecule is CCOC(=O)N1CCC(Nc2nc3c(c(=O)[nH]2)CCCC3)CC1. The van der Waals surface area contributed by atoms with Crippen LogP contribution in [0.4, 0.5) is 10.7 Å². The number of aromatic nitrogens is 2. The molecule has 1 amide bonds. The molecule has 0 atom stereocenters. The number of carbonyl (C=O) groups excluding carboxylic acids is 1. The summed E-state index contributed by atoms with van der Waals surface area (Å²) in [6, 6.07) is 0.213. The Bertz CT molecular complexity index is 620. The first-order valence-electron chi connectivity index (χ1n) is 8.47. The molecule has 0 bridgehead atoms. The van der Waals surface area contributed by atoms with Gasteiger partial charge in [0.25, 0.3) is 5.56 Å². The molecule has 1 aliphatic heterocycles. The molecule has 1 fully saturated rings. The van der Waals surface area contributed by atoms with Crippen LogP contribution in [0.5, 0.6) is 0 Å². The summed E-state index contributed by atoms with van der Waals surface area (Å²) >= 11 is 0. The van der Waals surface area contributed by atoms with Gasteiger partial charge >= 0.3 is 6.09 Å². The van der Waals surface area contributed by atoms with Crippen molar-refractivity contribution in [1.29, 1.82) is 0 Å². The predicted molar refractivity (Wildman–Crippen MR) is 86.7 cm³/mol. The van der Waals surface area contributed by atoms with Crippen LogP contribution in [-0.2, 0) is 17.6 Å². The summed E-state index contributed by atoms with van der Waals surface area (Å²) in [5.74, 6) is 0.560. The topological polar surface area (TPSA) is 87.3 Å². The lowest BCUT2D eigenvalue weighted by molar-refractivity contribution is 0.0983.